The second kappa shape index (κ2) is 10.8. The summed E-state index contributed by atoms with van der Waals surface area (Å²) in [5, 5.41) is 9.93. The lowest BCUT2D eigenvalue weighted by Gasteiger charge is -2.14. The van der Waals surface area contributed by atoms with Crippen LogP contribution in [0.4, 0.5) is 0 Å². The van der Waals surface area contributed by atoms with E-state index in [0.29, 0.717) is 6.42 Å². The highest BCUT2D eigenvalue weighted by atomic mass is 32.2. The highest BCUT2D eigenvalue weighted by Gasteiger charge is 2.18. The average Bonchev–Trinajstić information content (AvgIpc) is 2.50. The maximum absolute atomic E-state index is 12.3. The molecule has 138 valence electrons. The molecule has 1 atom stereocenters. The number of benzene rings is 1. The lowest BCUT2D eigenvalue weighted by Crippen LogP contribution is -2.34. The summed E-state index contributed by atoms with van der Waals surface area (Å²) in [5.41, 5.74) is 1.05. The van der Waals surface area contributed by atoms with Crippen LogP contribution < -0.4 is 4.72 Å². The van der Waals surface area contributed by atoms with Crippen LogP contribution in [0.2, 0.25) is 0 Å². The summed E-state index contributed by atoms with van der Waals surface area (Å²) in [5.74, 6) is 0. The van der Waals surface area contributed by atoms with Crippen molar-refractivity contribution in [3.63, 3.8) is 0 Å². The van der Waals surface area contributed by atoms with Gasteiger partial charge in [-0.15, -0.1) is 0 Å². The molecule has 1 unspecified atom stereocenters. The quantitative estimate of drug-likeness (QED) is 0.446. The van der Waals surface area contributed by atoms with E-state index in [9.17, 15) is 13.5 Å². The number of aliphatic hydroxyl groups excluding tert-OH is 1. The first-order valence-electron chi connectivity index (χ1n) is 8.79. The third-order valence-electron chi connectivity index (χ3n) is 3.85. The fourth-order valence-corrected chi connectivity index (χ4v) is 3.67. The minimum atomic E-state index is -3.67. The molecule has 0 aliphatic heterocycles. The Hall–Kier alpha value is -0.950. The number of rotatable bonds is 12. The van der Waals surface area contributed by atoms with Gasteiger partial charge in [-0.05, 0) is 44.6 Å². The monoisotopic (exact) mass is 356 g/mol. The molecule has 0 aliphatic carbocycles. The predicted octanol–water partition coefficient (Wildman–Crippen LogP) is 3.10. The van der Waals surface area contributed by atoms with Crippen LogP contribution in [-0.2, 0) is 16.6 Å². The Morgan fingerprint density at radius 1 is 1.04 bits per heavy atom. The van der Waals surface area contributed by atoms with Crippen LogP contribution in [0.5, 0.6) is 0 Å². The number of hydrogen-bond acceptors (Lipinski definition) is 4. The van der Waals surface area contributed by atoms with E-state index in [1.54, 1.807) is 24.3 Å². The Kier molecular flexibility index (Phi) is 9.51. The van der Waals surface area contributed by atoms with E-state index in [4.69, 9.17) is 0 Å². The van der Waals surface area contributed by atoms with Crippen molar-refractivity contribution in [2.24, 2.45) is 0 Å². The van der Waals surface area contributed by atoms with Crippen LogP contribution >= 0.6 is 0 Å². The molecule has 0 amide bonds. The Morgan fingerprint density at radius 2 is 1.62 bits per heavy atom. The van der Waals surface area contributed by atoms with E-state index in [1.807, 2.05) is 19.0 Å². The summed E-state index contributed by atoms with van der Waals surface area (Å²) < 4.78 is 26.9. The molecular weight excluding hydrogens is 324 g/mol. The minimum absolute atomic E-state index is 0.187. The van der Waals surface area contributed by atoms with Gasteiger partial charge in [0.1, 0.15) is 6.23 Å². The first-order chi connectivity index (χ1) is 11.3. The minimum Gasteiger partial charge on any atom is -0.378 e. The van der Waals surface area contributed by atoms with Crippen LogP contribution in [0.15, 0.2) is 29.2 Å². The third kappa shape index (κ3) is 8.24. The topological polar surface area (TPSA) is 69.6 Å². The number of aliphatic hydroxyl groups is 1. The van der Waals surface area contributed by atoms with Gasteiger partial charge < -0.3 is 10.0 Å². The Bertz CT molecular complexity index is 556. The van der Waals surface area contributed by atoms with Crippen LogP contribution in [0, 0.1) is 0 Å². The number of unbranched alkanes of at least 4 members (excludes halogenated alkanes) is 5. The summed E-state index contributed by atoms with van der Waals surface area (Å²) in [6.07, 6.45) is 6.06. The second-order valence-electron chi connectivity index (χ2n) is 6.58. The normalized spacial score (nSPS) is 13.4. The fraction of sp³-hybridized carbons (Fsp3) is 0.667. The summed E-state index contributed by atoms with van der Waals surface area (Å²) in [6.45, 7) is 2.93. The van der Waals surface area contributed by atoms with Gasteiger partial charge in [-0.25, -0.2) is 8.42 Å². The van der Waals surface area contributed by atoms with Gasteiger partial charge in [0.25, 0.3) is 0 Å². The lowest BCUT2D eigenvalue weighted by molar-refractivity contribution is 0.149. The van der Waals surface area contributed by atoms with Gasteiger partial charge in [0.2, 0.25) is 10.0 Å². The van der Waals surface area contributed by atoms with Gasteiger partial charge in [0.15, 0.2) is 0 Å². The smallest absolute Gasteiger partial charge is 0.242 e. The summed E-state index contributed by atoms with van der Waals surface area (Å²) >= 11 is 0. The Labute approximate surface area is 147 Å². The molecule has 0 saturated heterocycles. The van der Waals surface area contributed by atoms with Gasteiger partial charge in [0.05, 0.1) is 4.90 Å². The summed E-state index contributed by atoms with van der Waals surface area (Å²) in [4.78, 5) is 2.21. The SMILES string of the molecule is CCCCCCCCC(O)NS(=O)(=O)c1ccc(CN(C)C)cc1. The molecule has 0 bridgehead atoms. The molecule has 2 N–H and O–H groups in total. The predicted molar refractivity (Wildman–Crippen MR) is 98.2 cm³/mol. The van der Waals surface area contributed by atoms with Crippen molar-refractivity contribution in [3.8, 4) is 0 Å². The van der Waals surface area contributed by atoms with Gasteiger partial charge in [-0.3, -0.25) is 0 Å². The first kappa shape index (κ1) is 21.1. The van der Waals surface area contributed by atoms with E-state index in [0.717, 1.165) is 31.4 Å². The zero-order chi connectivity index (χ0) is 18.0. The standard InChI is InChI=1S/C18H32N2O3S/c1-4-5-6-7-8-9-10-18(21)19-24(22,23)17-13-11-16(12-14-17)15-20(2)3/h11-14,18-19,21H,4-10,15H2,1-3H3. The molecule has 1 rings (SSSR count). The Balaban J connectivity index is 2.44. The van der Waals surface area contributed by atoms with Crippen molar-refractivity contribution < 1.29 is 13.5 Å². The van der Waals surface area contributed by atoms with Crippen molar-refractivity contribution in [3.05, 3.63) is 29.8 Å². The largest absolute Gasteiger partial charge is 0.378 e. The molecular formula is C18H32N2O3S. The molecule has 24 heavy (non-hydrogen) atoms. The van der Waals surface area contributed by atoms with E-state index < -0.39 is 16.3 Å². The van der Waals surface area contributed by atoms with Crippen molar-refractivity contribution in [2.75, 3.05) is 14.1 Å². The van der Waals surface area contributed by atoms with Crippen molar-refractivity contribution in [2.45, 2.75) is 69.5 Å². The van der Waals surface area contributed by atoms with Gasteiger partial charge in [-0.2, -0.15) is 4.72 Å². The molecule has 0 spiro atoms. The van der Waals surface area contributed by atoms with Crippen LogP contribution in [-0.4, -0.2) is 38.7 Å². The van der Waals surface area contributed by atoms with E-state index in [2.05, 4.69) is 11.6 Å². The molecule has 0 aromatic heterocycles. The first-order valence-corrected chi connectivity index (χ1v) is 10.3. The second-order valence-corrected chi connectivity index (χ2v) is 8.29. The van der Waals surface area contributed by atoms with E-state index >= 15 is 0 Å². The molecule has 5 nitrogen and oxygen atoms in total. The zero-order valence-corrected chi connectivity index (χ0v) is 16.0. The van der Waals surface area contributed by atoms with Crippen LogP contribution in [0.25, 0.3) is 0 Å². The van der Waals surface area contributed by atoms with Gasteiger partial charge in [-0.1, -0.05) is 51.2 Å². The number of nitrogens with one attached hydrogen (secondary N) is 1. The van der Waals surface area contributed by atoms with Crippen LogP contribution in [0.1, 0.15) is 57.4 Å². The highest BCUT2D eigenvalue weighted by Crippen LogP contribution is 2.13. The lowest BCUT2D eigenvalue weighted by atomic mass is 10.1. The Morgan fingerprint density at radius 3 is 2.21 bits per heavy atom. The molecule has 1 aromatic rings. The fourth-order valence-electron chi connectivity index (χ4n) is 2.56. The summed E-state index contributed by atoms with van der Waals surface area (Å²) in [6, 6.07) is 6.76. The third-order valence-corrected chi connectivity index (χ3v) is 5.33. The average molecular weight is 357 g/mol. The molecule has 0 saturated carbocycles. The molecule has 0 fully saturated rings. The number of sulfonamides is 1. The van der Waals surface area contributed by atoms with E-state index in [-0.39, 0.29) is 4.90 Å². The van der Waals surface area contributed by atoms with Crippen LogP contribution in [0.3, 0.4) is 0 Å². The number of hydrogen-bond donors (Lipinski definition) is 2. The maximum atomic E-state index is 12.3. The highest BCUT2D eigenvalue weighted by molar-refractivity contribution is 7.89. The van der Waals surface area contributed by atoms with Gasteiger partial charge in [0, 0.05) is 6.54 Å². The van der Waals surface area contributed by atoms with Crippen molar-refractivity contribution >= 4 is 10.0 Å². The molecule has 0 radical (unpaired) electrons. The van der Waals surface area contributed by atoms with Gasteiger partial charge >= 0.3 is 0 Å². The molecule has 6 heteroatoms. The summed E-state index contributed by atoms with van der Waals surface area (Å²) in [7, 11) is 0.257. The molecule has 0 aliphatic rings. The molecule has 1 aromatic carbocycles. The number of nitrogens with zero attached hydrogens (tertiary/aromatic N) is 1. The zero-order valence-electron chi connectivity index (χ0n) is 15.2. The molecule has 0 heterocycles. The van der Waals surface area contributed by atoms with Crippen molar-refractivity contribution in [1.82, 2.24) is 9.62 Å². The maximum Gasteiger partial charge on any atom is 0.242 e. The van der Waals surface area contributed by atoms with E-state index in [1.165, 1.54) is 19.3 Å². The van der Waals surface area contributed by atoms with Crippen molar-refractivity contribution in [1.29, 1.82) is 0 Å².